The van der Waals surface area contributed by atoms with Gasteiger partial charge in [-0.3, -0.25) is 0 Å². The Balaban J connectivity index is 2.26. The van der Waals surface area contributed by atoms with Crippen LogP contribution in [-0.2, 0) is 11.3 Å². The van der Waals surface area contributed by atoms with E-state index in [1.807, 2.05) is 18.2 Å². The molecule has 3 N–H and O–H groups in total. The zero-order valence-corrected chi connectivity index (χ0v) is 15.1. The van der Waals surface area contributed by atoms with Crippen LogP contribution in [0.1, 0.15) is 5.56 Å². The van der Waals surface area contributed by atoms with E-state index in [1.165, 1.54) is 23.9 Å². The summed E-state index contributed by atoms with van der Waals surface area (Å²) < 4.78 is 5.19. The molecule has 0 fully saturated rings. The first kappa shape index (κ1) is 20.3. The van der Waals surface area contributed by atoms with Crippen molar-refractivity contribution in [2.45, 2.75) is 6.61 Å². The van der Waals surface area contributed by atoms with Crippen LogP contribution in [0.5, 0.6) is 0 Å². The van der Waals surface area contributed by atoms with Crippen LogP contribution in [0.15, 0.2) is 30.3 Å². The zero-order valence-electron chi connectivity index (χ0n) is 15.1. The number of benzene rings is 1. The smallest absolute Gasteiger partial charge is 0.418 e. The zero-order chi connectivity index (χ0) is 19.8. The lowest BCUT2D eigenvalue weighted by molar-refractivity contribution is 0.138. The molecule has 1 heterocycles. The number of rotatable bonds is 8. The highest BCUT2D eigenvalue weighted by atomic mass is 16.6. The number of hydrogen-bond acceptors (Lipinski definition) is 10. The fraction of sp³-hybridized carbons (Fsp3) is 0.375. The van der Waals surface area contributed by atoms with E-state index >= 15 is 0 Å². The average molecular weight is 378 g/mol. The van der Waals surface area contributed by atoms with Gasteiger partial charge in [-0.1, -0.05) is 30.3 Å². The monoisotopic (exact) mass is 378 g/mol. The minimum Gasteiger partial charge on any atom is -0.444 e. The fourth-order valence-corrected chi connectivity index (χ4v) is 1.93. The van der Waals surface area contributed by atoms with Crippen LogP contribution in [0.2, 0.25) is 0 Å². The van der Waals surface area contributed by atoms with E-state index in [4.69, 9.17) is 4.74 Å². The van der Waals surface area contributed by atoms with Crippen molar-refractivity contribution in [2.75, 3.05) is 49.0 Å². The van der Waals surface area contributed by atoms with E-state index in [1.54, 1.807) is 12.1 Å². The van der Waals surface area contributed by atoms with Crippen molar-refractivity contribution in [2.24, 2.45) is 0 Å². The summed E-state index contributed by atoms with van der Waals surface area (Å²) in [6, 6.07) is 9.05. The fourth-order valence-electron chi connectivity index (χ4n) is 1.93. The molecule has 0 saturated carbocycles. The summed E-state index contributed by atoms with van der Waals surface area (Å²) >= 11 is 0. The van der Waals surface area contributed by atoms with Gasteiger partial charge in [0.15, 0.2) is 0 Å². The molecule has 1 aromatic carbocycles. The van der Waals surface area contributed by atoms with Crippen LogP contribution < -0.4 is 14.7 Å². The SMILES string of the molecule is CN(CO)c1nc(N(C)CO)nc(N(CO)C(=O)OCc2ccccc2)n1. The molecule has 2 aromatic rings. The highest BCUT2D eigenvalue weighted by Gasteiger charge is 2.23. The van der Waals surface area contributed by atoms with Gasteiger partial charge in [-0.05, 0) is 5.56 Å². The van der Waals surface area contributed by atoms with Gasteiger partial charge in [-0.2, -0.15) is 15.0 Å². The third kappa shape index (κ3) is 5.23. The topological polar surface area (TPSA) is 135 Å². The summed E-state index contributed by atoms with van der Waals surface area (Å²) in [5, 5.41) is 28.2. The lowest BCUT2D eigenvalue weighted by atomic mass is 10.2. The van der Waals surface area contributed by atoms with Crippen LogP contribution in [0, 0.1) is 0 Å². The maximum atomic E-state index is 12.4. The number of nitrogens with zero attached hydrogens (tertiary/aromatic N) is 6. The van der Waals surface area contributed by atoms with Crippen molar-refractivity contribution in [1.82, 2.24) is 15.0 Å². The summed E-state index contributed by atoms with van der Waals surface area (Å²) in [7, 11) is 3.05. The molecule has 0 radical (unpaired) electrons. The number of amides is 1. The number of carbonyl (C=O) groups excluding carboxylic acids is 1. The van der Waals surface area contributed by atoms with Crippen LogP contribution >= 0.6 is 0 Å². The van der Waals surface area contributed by atoms with Crippen LogP contribution in [-0.4, -0.2) is 70.7 Å². The van der Waals surface area contributed by atoms with Gasteiger partial charge in [0, 0.05) is 14.1 Å². The lowest BCUT2D eigenvalue weighted by Gasteiger charge is -2.22. The molecule has 0 spiro atoms. The van der Waals surface area contributed by atoms with Gasteiger partial charge in [0.2, 0.25) is 17.8 Å². The second-order valence-electron chi connectivity index (χ2n) is 5.52. The predicted octanol–water partition coefficient (Wildman–Crippen LogP) is -0.263. The van der Waals surface area contributed by atoms with Crippen LogP contribution in [0.25, 0.3) is 0 Å². The third-order valence-corrected chi connectivity index (χ3v) is 3.52. The molecule has 0 atom stereocenters. The number of aliphatic hydroxyl groups excluding tert-OH is 3. The van der Waals surface area contributed by atoms with Crippen molar-refractivity contribution in [3.05, 3.63) is 35.9 Å². The van der Waals surface area contributed by atoms with Crippen molar-refractivity contribution in [3.63, 3.8) is 0 Å². The molecule has 0 aliphatic carbocycles. The quantitative estimate of drug-likeness (QED) is 0.527. The van der Waals surface area contributed by atoms with Crippen LogP contribution in [0.4, 0.5) is 22.6 Å². The predicted molar refractivity (Wildman–Crippen MR) is 97.0 cm³/mol. The Bertz CT molecular complexity index is 719. The molecule has 0 saturated heterocycles. The van der Waals surface area contributed by atoms with E-state index in [0.29, 0.717) is 0 Å². The van der Waals surface area contributed by atoms with Gasteiger partial charge in [0.1, 0.15) is 26.8 Å². The Morgan fingerprint density at radius 2 is 1.41 bits per heavy atom. The van der Waals surface area contributed by atoms with E-state index < -0.39 is 12.8 Å². The number of hydrogen-bond donors (Lipinski definition) is 3. The molecule has 146 valence electrons. The molecule has 0 bridgehead atoms. The van der Waals surface area contributed by atoms with Gasteiger partial charge in [0.25, 0.3) is 0 Å². The largest absolute Gasteiger partial charge is 0.444 e. The molecular formula is C16H22N6O5. The normalized spacial score (nSPS) is 10.4. The number of ether oxygens (including phenoxy) is 1. The average Bonchev–Trinajstić information content (AvgIpc) is 2.72. The van der Waals surface area contributed by atoms with Crippen molar-refractivity contribution in [3.8, 4) is 0 Å². The Hall–Kier alpha value is -3.02. The summed E-state index contributed by atoms with van der Waals surface area (Å²) in [4.78, 5) is 28.0. The molecule has 11 nitrogen and oxygen atoms in total. The maximum Gasteiger partial charge on any atom is 0.418 e. The molecule has 11 heteroatoms. The first-order chi connectivity index (χ1) is 13.0. The Kier molecular flexibility index (Phi) is 7.23. The summed E-state index contributed by atoms with van der Waals surface area (Å²) in [6.07, 6.45) is -0.859. The van der Waals surface area contributed by atoms with Gasteiger partial charge >= 0.3 is 6.09 Å². The molecule has 0 unspecified atom stereocenters. The van der Waals surface area contributed by atoms with E-state index in [0.717, 1.165) is 10.5 Å². The minimum atomic E-state index is -0.859. The Labute approximate surface area is 156 Å². The third-order valence-electron chi connectivity index (χ3n) is 3.52. The van der Waals surface area contributed by atoms with E-state index in [9.17, 15) is 20.1 Å². The van der Waals surface area contributed by atoms with Crippen molar-refractivity contribution >= 4 is 23.9 Å². The number of carbonyl (C=O) groups is 1. The molecular weight excluding hydrogens is 356 g/mol. The van der Waals surface area contributed by atoms with Gasteiger partial charge in [0.05, 0.1) is 0 Å². The number of aromatic nitrogens is 3. The minimum absolute atomic E-state index is 0.00799. The lowest BCUT2D eigenvalue weighted by Crippen LogP contribution is -2.35. The second kappa shape index (κ2) is 9.62. The molecule has 0 aliphatic heterocycles. The standard InChI is InChI=1S/C16H22N6O5/c1-20(9-23)13-17-14(21(2)10-24)19-15(18-13)22(11-25)16(26)27-8-12-6-4-3-5-7-12/h3-7,23-25H,8-11H2,1-2H3. The number of aliphatic hydroxyl groups is 3. The number of anilines is 3. The first-order valence-corrected chi connectivity index (χ1v) is 7.99. The van der Waals surface area contributed by atoms with Crippen molar-refractivity contribution < 1.29 is 24.9 Å². The highest BCUT2D eigenvalue weighted by Crippen LogP contribution is 2.18. The van der Waals surface area contributed by atoms with E-state index in [2.05, 4.69) is 15.0 Å². The van der Waals surface area contributed by atoms with Gasteiger partial charge < -0.3 is 29.9 Å². The first-order valence-electron chi connectivity index (χ1n) is 7.99. The molecule has 1 aromatic heterocycles. The van der Waals surface area contributed by atoms with E-state index in [-0.39, 0.29) is 37.9 Å². The molecule has 0 aliphatic rings. The summed E-state index contributed by atoms with van der Waals surface area (Å²) in [5.41, 5.74) is 0.779. The molecule has 1 amide bonds. The van der Waals surface area contributed by atoms with Crippen LogP contribution in [0.3, 0.4) is 0 Å². The van der Waals surface area contributed by atoms with Crippen molar-refractivity contribution in [1.29, 1.82) is 0 Å². The summed E-state index contributed by atoms with van der Waals surface area (Å²) in [6.45, 7) is -1.50. The summed E-state index contributed by atoms with van der Waals surface area (Å²) in [5.74, 6) is -0.0876. The molecule has 2 rings (SSSR count). The second-order valence-corrected chi connectivity index (χ2v) is 5.52. The van der Waals surface area contributed by atoms with Gasteiger partial charge in [-0.25, -0.2) is 9.69 Å². The van der Waals surface area contributed by atoms with Gasteiger partial charge in [-0.15, -0.1) is 0 Å². The Morgan fingerprint density at radius 1 is 0.889 bits per heavy atom. The molecule has 27 heavy (non-hydrogen) atoms. The maximum absolute atomic E-state index is 12.4. The Morgan fingerprint density at radius 3 is 1.89 bits per heavy atom. The highest BCUT2D eigenvalue weighted by molar-refractivity contribution is 5.85.